The number of hydrogen-bond donors (Lipinski definition) is 2. The molecule has 5 rings (SSSR count). The molecule has 0 bridgehead atoms. The lowest BCUT2D eigenvalue weighted by Gasteiger charge is -2.24. The van der Waals surface area contributed by atoms with Crippen molar-refractivity contribution in [1.82, 2.24) is 15.3 Å². The van der Waals surface area contributed by atoms with Crippen LogP contribution in [0.4, 0.5) is 20.6 Å². The normalized spacial score (nSPS) is 17.1. The van der Waals surface area contributed by atoms with E-state index in [2.05, 4.69) is 20.6 Å². The van der Waals surface area contributed by atoms with Gasteiger partial charge in [0.15, 0.2) is 6.61 Å². The average molecular weight is 481 g/mol. The fourth-order valence-corrected chi connectivity index (χ4v) is 4.25. The van der Waals surface area contributed by atoms with Crippen LogP contribution in [0.25, 0.3) is 11.0 Å². The minimum atomic E-state index is -0.435. The highest BCUT2D eigenvalue weighted by atomic mass is 19.1. The third-order valence-corrected chi connectivity index (χ3v) is 5.98. The second-order valence-corrected chi connectivity index (χ2v) is 8.24. The summed E-state index contributed by atoms with van der Waals surface area (Å²) in [5.41, 5.74) is 2.62. The van der Waals surface area contributed by atoms with Gasteiger partial charge in [0.25, 0.3) is 5.91 Å². The molecule has 2 aliphatic rings. The van der Waals surface area contributed by atoms with Gasteiger partial charge >= 0.3 is 6.09 Å². The molecule has 11 heteroatoms. The number of pyridine rings is 2. The zero-order valence-corrected chi connectivity index (χ0v) is 19.0. The zero-order valence-electron chi connectivity index (χ0n) is 19.0. The molecule has 2 N–H and O–H groups in total. The Morgan fingerprint density at radius 3 is 3.00 bits per heavy atom. The monoisotopic (exact) mass is 481 g/mol. The Kier molecular flexibility index (Phi) is 6.32. The molecule has 2 amide bonds. The number of amides is 2. The molecule has 35 heavy (non-hydrogen) atoms. The Morgan fingerprint density at radius 2 is 2.14 bits per heavy atom. The molecule has 182 valence electrons. The van der Waals surface area contributed by atoms with E-state index in [-0.39, 0.29) is 31.7 Å². The first kappa shape index (κ1) is 22.8. The van der Waals surface area contributed by atoms with Gasteiger partial charge in [-0.05, 0) is 43.7 Å². The van der Waals surface area contributed by atoms with E-state index in [0.29, 0.717) is 52.6 Å². The molecule has 10 nitrogen and oxygen atoms in total. The van der Waals surface area contributed by atoms with Gasteiger partial charge in [-0.2, -0.15) is 0 Å². The SMILES string of the molecule is COc1ccc2ncc(F)c(CNCCC[C@H]3COC(=O)N3c3ccc4c(c3)NC(=O)CO4)c2n1. The number of methoxy groups -OCH3 is 1. The van der Waals surface area contributed by atoms with Crippen LogP contribution in [-0.2, 0) is 16.1 Å². The van der Waals surface area contributed by atoms with E-state index in [1.807, 2.05) is 0 Å². The second-order valence-electron chi connectivity index (χ2n) is 8.24. The number of benzene rings is 1. The maximum absolute atomic E-state index is 14.5. The molecule has 1 aromatic carbocycles. The van der Waals surface area contributed by atoms with Crippen LogP contribution in [-0.4, -0.2) is 54.9 Å². The number of hydrogen-bond acceptors (Lipinski definition) is 8. The van der Waals surface area contributed by atoms with Crippen LogP contribution in [0.2, 0.25) is 0 Å². The number of rotatable bonds is 8. The van der Waals surface area contributed by atoms with Crippen molar-refractivity contribution in [2.45, 2.75) is 25.4 Å². The lowest BCUT2D eigenvalue weighted by molar-refractivity contribution is -0.118. The van der Waals surface area contributed by atoms with Gasteiger partial charge in [0.2, 0.25) is 5.88 Å². The summed E-state index contributed by atoms with van der Waals surface area (Å²) >= 11 is 0. The minimum absolute atomic E-state index is 0.0312. The van der Waals surface area contributed by atoms with Gasteiger partial charge < -0.3 is 24.8 Å². The number of nitrogens with zero attached hydrogens (tertiary/aromatic N) is 3. The van der Waals surface area contributed by atoms with Crippen molar-refractivity contribution >= 4 is 34.4 Å². The molecular weight excluding hydrogens is 457 g/mol. The highest BCUT2D eigenvalue weighted by Gasteiger charge is 2.34. The third-order valence-electron chi connectivity index (χ3n) is 5.98. The topological polar surface area (TPSA) is 115 Å². The Labute approximate surface area is 200 Å². The third kappa shape index (κ3) is 4.67. The number of carbonyl (C=O) groups is 2. The first-order chi connectivity index (χ1) is 17.0. The van der Waals surface area contributed by atoms with Crippen LogP contribution >= 0.6 is 0 Å². The minimum Gasteiger partial charge on any atom is -0.482 e. The van der Waals surface area contributed by atoms with E-state index >= 15 is 0 Å². The van der Waals surface area contributed by atoms with Crippen LogP contribution in [0.1, 0.15) is 18.4 Å². The number of aromatic nitrogens is 2. The Morgan fingerprint density at radius 1 is 1.26 bits per heavy atom. The van der Waals surface area contributed by atoms with E-state index in [1.54, 1.807) is 35.2 Å². The van der Waals surface area contributed by atoms with Gasteiger partial charge in [0, 0.05) is 23.9 Å². The van der Waals surface area contributed by atoms with E-state index in [9.17, 15) is 14.0 Å². The van der Waals surface area contributed by atoms with Crippen molar-refractivity contribution in [2.24, 2.45) is 0 Å². The van der Waals surface area contributed by atoms with Crippen LogP contribution in [0.3, 0.4) is 0 Å². The summed E-state index contributed by atoms with van der Waals surface area (Å²) in [7, 11) is 1.51. The summed E-state index contributed by atoms with van der Waals surface area (Å²) < 4.78 is 30.3. The molecule has 0 saturated carbocycles. The highest BCUT2D eigenvalue weighted by molar-refractivity contribution is 5.97. The maximum Gasteiger partial charge on any atom is 0.414 e. The summed E-state index contributed by atoms with van der Waals surface area (Å²) in [5, 5.41) is 6.00. The van der Waals surface area contributed by atoms with Gasteiger partial charge in [0.05, 0.1) is 30.6 Å². The van der Waals surface area contributed by atoms with E-state index < -0.39 is 11.9 Å². The van der Waals surface area contributed by atoms with Crippen LogP contribution in [0.5, 0.6) is 11.6 Å². The highest BCUT2D eigenvalue weighted by Crippen LogP contribution is 2.34. The molecule has 1 saturated heterocycles. The molecule has 2 aliphatic heterocycles. The number of cyclic esters (lactones) is 1. The summed E-state index contributed by atoms with van der Waals surface area (Å²) in [5.74, 6) is 0.276. The number of ether oxygens (including phenoxy) is 3. The fourth-order valence-electron chi connectivity index (χ4n) is 4.25. The first-order valence-corrected chi connectivity index (χ1v) is 11.2. The largest absolute Gasteiger partial charge is 0.482 e. The molecule has 0 unspecified atom stereocenters. The lowest BCUT2D eigenvalue weighted by atomic mass is 10.1. The van der Waals surface area contributed by atoms with Gasteiger partial charge in [-0.1, -0.05) is 0 Å². The molecule has 2 aromatic heterocycles. The van der Waals surface area contributed by atoms with Crippen molar-refractivity contribution in [3.63, 3.8) is 0 Å². The van der Waals surface area contributed by atoms with E-state index in [4.69, 9.17) is 14.2 Å². The van der Waals surface area contributed by atoms with Crippen LogP contribution in [0, 0.1) is 5.82 Å². The van der Waals surface area contributed by atoms with Crippen molar-refractivity contribution in [3.05, 3.63) is 47.9 Å². The van der Waals surface area contributed by atoms with Crippen molar-refractivity contribution in [2.75, 3.05) is 37.1 Å². The zero-order chi connectivity index (χ0) is 24.4. The van der Waals surface area contributed by atoms with Gasteiger partial charge in [-0.3, -0.25) is 14.7 Å². The van der Waals surface area contributed by atoms with E-state index in [1.165, 1.54) is 13.3 Å². The summed E-state index contributed by atoms with van der Waals surface area (Å²) in [4.78, 5) is 34.1. The molecule has 4 heterocycles. The number of nitrogens with one attached hydrogen (secondary N) is 2. The Bertz CT molecular complexity index is 1290. The molecule has 0 aliphatic carbocycles. The smallest absolute Gasteiger partial charge is 0.414 e. The quantitative estimate of drug-likeness (QED) is 0.472. The lowest BCUT2D eigenvalue weighted by Crippen LogP contribution is -2.34. The number of anilines is 2. The Balaban J connectivity index is 1.20. The van der Waals surface area contributed by atoms with E-state index in [0.717, 1.165) is 6.42 Å². The second kappa shape index (κ2) is 9.71. The van der Waals surface area contributed by atoms with Gasteiger partial charge in [-0.15, -0.1) is 0 Å². The Hall–Kier alpha value is -3.99. The number of halogens is 1. The molecule has 0 radical (unpaired) electrons. The number of carbonyl (C=O) groups excluding carboxylic acids is 2. The molecule has 1 fully saturated rings. The fraction of sp³-hybridized carbons (Fsp3) is 0.333. The predicted octanol–water partition coefficient (Wildman–Crippen LogP) is 3.00. The molecular formula is C24H24FN5O5. The van der Waals surface area contributed by atoms with Crippen molar-refractivity contribution < 1.29 is 28.2 Å². The number of fused-ring (bicyclic) bond motifs is 2. The standard InChI is InChI=1S/C24H24FN5O5/c1-33-22-7-5-18-23(29-22)16(17(25)11-27-18)10-26-8-2-3-15-12-35-24(32)30(15)14-4-6-20-19(9-14)28-21(31)13-34-20/h4-7,9,11,15,26H,2-3,8,10,12-13H2,1H3,(H,28,31)/t15-/m0/s1. The van der Waals surface area contributed by atoms with Crippen molar-refractivity contribution in [3.8, 4) is 11.6 Å². The van der Waals surface area contributed by atoms with Crippen LogP contribution in [0.15, 0.2) is 36.5 Å². The molecule has 1 atom stereocenters. The summed E-state index contributed by atoms with van der Waals surface area (Å²) in [6, 6.07) is 8.48. The summed E-state index contributed by atoms with van der Waals surface area (Å²) in [6.07, 6.45) is 2.16. The molecule has 0 spiro atoms. The van der Waals surface area contributed by atoms with Gasteiger partial charge in [-0.25, -0.2) is 14.2 Å². The van der Waals surface area contributed by atoms with Crippen molar-refractivity contribution in [1.29, 1.82) is 0 Å². The van der Waals surface area contributed by atoms with Crippen LogP contribution < -0.4 is 25.0 Å². The summed E-state index contributed by atoms with van der Waals surface area (Å²) in [6.45, 7) is 1.11. The van der Waals surface area contributed by atoms with Gasteiger partial charge in [0.1, 0.15) is 23.7 Å². The first-order valence-electron chi connectivity index (χ1n) is 11.2. The average Bonchev–Trinajstić information content (AvgIpc) is 3.24. The maximum atomic E-state index is 14.5. The molecule has 3 aromatic rings. The predicted molar refractivity (Wildman–Crippen MR) is 125 cm³/mol.